The molecule has 21 heavy (non-hydrogen) atoms. The summed E-state index contributed by atoms with van der Waals surface area (Å²) in [7, 11) is 1.66. The van der Waals surface area contributed by atoms with E-state index in [2.05, 4.69) is 12.2 Å². The summed E-state index contributed by atoms with van der Waals surface area (Å²) < 4.78 is 0. The Bertz CT molecular complexity index is 545. The average Bonchev–Trinajstić information content (AvgIpc) is 2.79. The number of nitro groups is 1. The topological polar surface area (TPSA) is 75.5 Å². The molecule has 2 rings (SSSR count). The van der Waals surface area contributed by atoms with Crippen LogP contribution in [-0.4, -0.2) is 29.3 Å². The van der Waals surface area contributed by atoms with Gasteiger partial charge in [0.2, 0.25) is 5.91 Å². The molecule has 1 amide bonds. The first-order chi connectivity index (χ1) is 10.1. The summed E-state index contributed by atoms with van der Waals surface area (Å²) in [5.41, 5.74) is 1.33. The maximum Gasteiger partial charge on any atom is 0.292 e. The molecular weight excluding hydrogens is 270 g/mol. The van der Waals surface area contributed by atoms with Gasteiger partial charge in [0.15, 0.2) is 0 Å². The number of rotatable bonds is 6. The lowest BCUT2D eigenvalue weighted by atomic mass is 10.0. The van der Waals surface area contributed by atoms with Crippen molar-refractivity contribution in [3.8, 4) is 0 Å². The van der Waals surface area contributed by atoms with Gasteiger partial charge in [0.05, 0.1) is 4.92 Å². The Labute approximate surface area is 124 Å². The summed E-state index contributed by atoms with van der Waals surface area (Å²) in [5.74, 6) is 0.557. The van der Waals surface area contributed by atoms with Gasteiger partial charge in [0.1, 0.15) is 5.69 Å². The third-order valence-electron chi connectivity index (χ3n) is 3.93. The molecule has 1 unspecified atom stereocenters. The van der Waals surface area contributed by atoms with Crippen LogP contribution in [0.3, 0.4) is 0 Å². The highest BCUT2D eigenvalue weighted by atomic mass is 16.6. The Hall–Kier alpha value is -2.11. The fourth-order valence-corrected chi connectivity index (χ4v) is 2.97. The number of carbonyl (C=O) groups is 1. The van der Waals surface area contributed by atoms with Gasteiger partial charge in [-0.05, 0) is 12.3 Å². The van der Waals surface area contributed by atoms with Gasteiger partial charge >= 0.3 is 0 Å². The first kappa shape index (κ1) is 15.3. The van der Waals surface area contributed by atoms with E-state index < -0.39 is 4.92 Å². The molecule has 0 saturated carbocycles. The molecule has 0 bridgehead atoms. The summed E-state index contributed by atoms with van der Waals surface area (Å²) in [6, 6.07) is 4.97. The molecule has 1 aromatic rings. The third-order valence-corrected chi connectivity index (χ3v) is 3.93. The standard InChI is InChI=1S/C15H21N3O3/c1-3-5-11-8-14(19)17(9-11)10-12-6-4-7-13(18(20)21)15(12)16-2/h4,6-7,11,16H,3,5,8-10H2,1-2H3. The van der Waals surface area contributed by atoms with Crippen molar-refractivity contribution >= 4 is 17.3 Å². The molecule has 0 aromatic heterocycles. The summed E-state index contributed by atoms with van der Waals surface area (Å²) in [4.78, 5) is 24.5. The molecule has 1 heterocycles. The first-order valence-electron chi connectivity index (χ1n) is 7.28. The molecule has 1 saturated heterocycles. The van der Waals surface area contributed by atoms with Gasteiger partial charge in [-0.3, -0.25) is 14.9 Å². The van der Waals surface area contributed by atoms with Crippen LogP contribution in [0.5, 0.6) is 0 Å². The number of amides is 1. The molecule has 0 spiro atoms. The fourth-order valence-electron chi connectivity index (χ4n) is 2.97. The lowest BCUT2D eigenvalue weighted by Gasteiger charge is -2.18. The molecule has 1 N–H and O–H groups in total. The number of para-hydroxylation sites is 1. The van der Waals surface area contributed by atoms with Crippen LogP contribution in [0.1, 0.15) is 31.7 Å². The predicted molar refractivity (Wildman–Crippen MR) is 81.1 cm³/mol. The largest absolute Gasteiger partial charge is 0.382 e. The molecule has 1 aliphatic heterocycles. The van der Waals surface area contributed by atoms with E-state index in [1.54, 1.807) is 18.0 Å². The minimum Gasteiger partial charge on any atom is -0.382 e. The van der Waals surface area contributed by atoms with Gasteiger partial charge < -0.3 is 10.2 Å². The number of likely N-dealkylation sites (tertiary alicyclic amines) is 1. The van der Waals surface area contributed by atoms with Gasteiger partial charge in [-0.1, -0.05) is 25.5 Å². The van der Waals surface area contributed by atoms with Crippen molar-refractivity contribution < 1.29 is 9.72 Å². The number of benzene rings is 1. The Morgan fingerprint density at radius 2 is 2.24 bits per heavy atom. The van der Waals surface area contributed by atoms with Crippen LogP contribution in [-0.2, 0) is 11.3 Å². The van der Waals surface area contributed by atoms with Gasteiger partial charge in [0, 0.05) is 38.2 Å². The Morgan fingerprint density at radius 1 is 1.48 bits per heavy atom. The number of hydrogen-bond donors (Lipinski definition) is 1. The quantitative estimate of drug-likeness (QED) is 0.646. The summed E-state index contributed by atoms with van der Waals surface area (Å²) in [6.45, 7) is 3.29. The molecule has 6 heteroatoms. The zero-order valence-corrected chi connectivity index (χ0v) is 12.5. The smallest absolute Gasteiger partial charge is 0.292 e. The predicted octanol–water partition coefficient (Wildman–Crippen LogP) is 2.79. The number of nitro benzene ring substituents is 1. The molecule has 1 fully saturated rings. The number of hydrogen-bond acceptors (Lipinski definition) is 4. The maximum absolute atomic E-state index is 12.1. The molecule has 1 aliphatic rings. The second kappa shape index (κ2) is 6.56. The molecule has 1 aromatic carbocycles. The van der Waals surface area contributed by atoms with Crippen molar-refractivity contribution in [1.29, 1.82) is 0 Å². The molecule has 114 valence electrons. The van der Waals surface area contributed by atoms with Gasteiger partial charge in [-0.15, -0.1) is 0 Å². The van der Waals surface area contributed by atoms with Crippen molar-refractivity contribution in [2.24, 2.45) is 5.92 Å². The highest BCUT2D eigenvalue weighted by Gasteiger charge is 2.29. The molecular formula is C15H21N3O3. The van der Waals surface area contributed by atoms with Crippen LogP contribution in [0.4, 0.5) is 11.4 Å². The van der Waals surface area contributed by atoms with E-state index in [-0.39, 0.29) is 11.6 Å². The van der Waals surface area contributed by atoms with Crippen LogP contribution in [0, 0.1) is 16.0 Å². The number of anilines is 1. The lowest BCUT2D eigenvalue weighted by Crippen LogP contribution is -2.25. The van der Waals surface area contributed by atoms with E-state index in [0.29, 0.717) is 24.6 Å². The first-order valence-corrected chi connectivity index (χ1v) is 7.28. The summed E-state index contributed by atoms with van der Waals surface area (Å²) in [6.07, 6.45) is 2.72. The molecule has 0 aliphatic carbocycles. The van der Waals surface area contributed by atoms with Crippen LogP contribution in [0.15, 0.2) is 18.2 Å². The van der Waals surface area contributed by atoms with Crippen LogP contribution >= 0.6 is 0 Å². The van der Waals surface area contributed by atoms with Crippen LogP contribution < -0.4 is 5.32 Å². The number of nitrogens with one attached hydrogen (secondary N) is 1. The Kier molecular flexibility index (Phi) is 4.77. The number of carbonyl (C=O) groups excluding carboxylic acids is 1. The Morgan fingerprint density at radius 3 is 2.86 bits per heavy atom. The minimum absolute atomic E-state index is 0.0479. The highest BCUT2D eigenvalue weighted by molar-refractivity contribution is 5.79. The fraction of sp³-hybridized carbons (Fsp3) is 0.533. The van der Waals surface area contributed by atoms with Crippen molar-refractivity contribution in [2.75, 3.05) is 18.9 Å². The van der Waals surface area contributed by atoms with E-state index in [1.165, 1.54) is 6.07 Å². The minimum atomic E-state index is -0.402. The van der Waals surface area contributed by atoms with Gasteiger partial charge in [-0.2, -0.15) is 0 Å². The summed E-state index contributed by atoms with van der Waals surface area (Å²) >= 11 is 0. The van der Waals surface area contributed by atoms with E-state index in [9.17, 15) is 14.9 Å². The van der Waals surface area contributed by atoms with Crippen molar-refractivity contribution in [3.05, 3.63) is 33.9 Å². The van der Waals surface area contributed by atoms with Crippen molar-refractivity contribution in [3.63, 3.8) is 0 Å². The third kappa shape index (κ3) is 3.32. The van der Waals surface area contributed by atoms with E-state index in [0.717, 1.165) is 24.9 Å². The van der Waals surface area contributed by atoms with Crippen molar-refractivity contribution in [1.82, 2.24) is 4.90 Å². The van der Waals surface area contributed by atoms with Crippen LogP contribution in [0.25, 0.3) is 0 Å². The summed E-state index contributed by atoms with van der Waals surface area (Å²) in [5, 5.41) is 13.9. The average molecular weight is 291 g/mol. The second-order valence-corrected chi connectivity index (χ2v) is 5.45. The van der Waals surface area contributed by atoms with Gasteiger partial charge in [-0.25, -0.2) is 0 Å². The van der Waals surface area contributed by atoms with Crippen molar-refractivity contribution in [2.45, 2.75) is 32.7 Å². The van der Waals surface area contributed by atoms with Gasteiger partial charge in [0.25, 0.3) is 5.69 Å². The zero-order valence-electron chi connectivity index (χ0n) is 12.5. The van der Waals surface area contributed by atoms with E-state index in [1.807, 2.05) is 6.07 Å². The maximum atomic E-state index is 12.1. The molecule has 1 atom stereocenters. The number of nitrogens with zero attached hydrogens (tertiary/aromatic N) is 2. The lowest BCUT2D eigenvalue weighted by molar-refractivity contribution is -0.384. The molecule has 0 radical (unpaired) electrons. The SMILES string of the molecule is CCCC1CC(=O)N(Cc2cccc([N+](=O)[O-])c2NC)C1. The monoisotopic (exact) mass is 291 g/mol. The normalized spacial score (nSPS) is 18.1. The van der Waals surface area contributed by atoms with Crippen LogP contribution in [0.2, 0.25) is 0 Å². The van der Waals surface area contributed by atoms with E-state index in [4.69, 9.17) is 0 Å². The molecule has 6 nitrogen and oxygen atoms in total. The highest BCUT2D eigenvalue weighted by Crippen LogP contribution is 2.31. The zero-order chi connectivity index (χ0) is 15.4. The Balaban J connectivity index is 2.18. The van der Waals surface area contributed by atoms with E-state index >= 15 is 0 Å². The second-order valence-electron chi connectivity index (χ2n) is 5.45.